The van der Waals surface area contributed by atoms with E-state index in [1.54, 1.807) is 0 Å². The summed E-state index contributed by atoms with van der Waals surface area (Å²) in [7, 11) is -3.11. The molecule has 2 rings (SSSR count). The van der Waals surface area contributed by atoms with Crippen LogP contribution in [0.5, 0.6) is 0 Å². The highest BCUT2D eigenvalue weighted by Crippen LogP contribution is 2.33. The minimum atomic E-state index is -3.11. The molecule has 2 aliphatic rings. The van der Waals surface area contributed by atoms with Gasteiger partial charge in [0.25, 0.3) is 0 Å². The first kappa shape index (κ1) is 12.3. The Morgan fingerprint density at radius 2 is 2.12 bits per heavy atom. The summed E-state index contributed by atoms with van der Waals surface area (Å²) in [4.78, 5) is 0. The van der Waals surface area contributed by atoms with Crippen molar-refractivity contribution in [2.24, 2.45) is 5.92 Å². The minimum absolute atomic E-state index is 0.0967. The number of hydrogen-bond donors (Lipinski definition) is 2. The van der Waals surface area contributed by atoms with Gasteiger partial charge in [-0.3, -0.25) is 0 Å². The Labute approximate surface area is 98.2 Å². The average Bonchev–Trinajstić information content (AvgIpc) is 3.02. The van der Waals surface area contributed by atoms with E-state index in [2.05, 4.69) is 10.0 Å². The maximum absolute atomic E-state index is 12.0. The molecular formula is C11H22N2O2S. The molecule has 1 aliphatic heterocycles. The number of hydrogen-bond acceptors (Lipinski definition) is 3. The zero-order valence-electron chi connectivity index (χ0n) is 9.91. The molecule has 0 aromatic rings. The van der Waals surface area contributed by atoms with E-state index in [0.717, 1.165) is 31.7 Å². The first-order valence-electron chi connectivity index (χ1n) is 6.30. The molecular weight excluding hydrogens is 224 g/mol. The lowest BCUT2D eigenvalue weighted by Crippen LogP contribution is -2.46. The number of sulfonamides is 1. The van der Waals surface area contributed by atoms with Gasteiger partial charge < -0.3 is 5.32 Å². The molecule has 0 radical (unpaired) electrons. The van der Waals surface area contributed by atoms with Crippen LogP contribution in [0.2, 0.25) is 0 Å². The normalized spacial score (nSPS) is 28.9. The Morgan fingerprint density at radius 3 is 2.69 bits per heavy atom. The van der Waals surface area contributed by atoms with Crippen molar-refractivity contribution in [2.45, 2.75) is 50.3 Å². The third-order valence-electron chi connectivity index (χ3n) is 3.44. The second-order valence-electron chi connectivity index (χ2n) is 5.21. The molecule has 1 saturated heterocycles. The molecule has 2 atom stereocenters. The maximum Gasteiger partial charge on any atom is 0.215 e. The lowest BCUT2D eigenvalue weighted by Gasteiger charge is -2.25. The summed E-state index contributed by atoms with van der Waals surface area (Å²) in [5.74, 6) is 0.766. The summed E-state index contributed by atoms with van der Waals surface area (Å²) in [6.45, 7) is 3.53. The highest BCUT2D eigenvalue weighted by atomic mass is 32.2. The lowest BCUT2D eigenvalue weighted by atomic mass is 10.2. The summed E-state index contributed by atoms with van der Waals surface area (Å²) in [5.41, 5.74) is 0. The van der Waals surface area contributed by atoms with Gasteiger partial charge in [0, 0.05) is 12.6 Å². The average molecular weight is 246 g/mol. The van der Waals surface area contributed by atoms with Gasteiger partial charge in [-0.05, 0) is 38.6 Å². The monoisotopic (exact) mass is 246 g/mol. The summed E-state index contributed by atoms with van der Waals surface area (Å²) >= 11 is 0. The van der Waals surface area contributed by atoms with E-state index in [0.29, 0.717) is 6.54 Å². The SMILES string of the molecule is CC(CC1CC1)NS(=O)(=O)C1CCCNC1. The van der Waals surface area contributed by atoms with E-state index in [1.165, 1.54) is 12.8 Å². The molecule has 1 aliphatic carbocycles. The highest BCUT2D eigenvalue weighted by Gasteiger charge is 2.30. The molecule has 2 unspecified atom stereocenters. The standard InChI is InChI=1S/C11H22N2O2S/c1-9(7-10-4-5-10)13-16(14,15)11-3-2-6-12-8-11/h9-13H,2-8H2,1H3. The fraction of sp³-hybridized carbons (Fsp3) is 1.00. The van der Waals surface area contributed by atoms with Gasteiger partial charge in [-0.1, -0.05) is 12.8 Å². The molecule has 94 valence electrons. The van der Waals surface area contributed by atoms with Gasteiger partial charge in [-0.15, -0.1) is 0 Å². The Hall–Kier alpha value is -0.130. The fourth-order valence-corrected chi connectivity index (χ4v) is 4.03. The summed E-state index contributed by atoms with van der Waals surface area (Å²) < 4.78 is 26.9. The molecule has 4 nitrogen and oxygen atoms in total. The molecule has 0 aromatic carbocycles. The number of nitrogens with one attached hydrogen (secondary N) is 2. The Kier molecular flexibility index (Phi) is 3.87. The van der Waals surface area contributed by atoms with Crippen molar-refractivity contribution in [1.82, 2.24) is 10.0 Å². The molecule has 1 heterocycles. The Balaban J connectivity index is 1.84. The van der Waals surface area contributed by atoms with Crippen molar-refractivity contribution in [3.63, 3.8) is 0 Å². The third kappa shape index (κ3) is 3.43. The fourth-order valence-electron chi connectivity index (χ4n) is 2.36. The predicted octanol–water partition coefficient (Wildman–Crippen LogP) is 0.846. The van der Waals surface area contributed by atoms with Crippen LogP contribution in [0.3, 0.4) is 0 Å². The van der Waals surface area contributed by atoms with Crippen molar-refractivity contribution < 1.29 is 8.42 Å². The molecule has 0 bridgehead atoms. The van der Waals surface area contributed by atoms with Crippen LogP contribution in [0.15, 0.2) is 0 Å². The van der Waals surface area contributed by atoms with Gasteiger partial charge in [0.15, 0.2) is 0 Å². The maximum atomic E-state index is 12.0. The van der Waals surface area contributed by atoms with E-state index in [9.17, 15) is 8.42 Å². The van der Waals surface area contributed by atoms with Gasteiger partial charge in [0.2, 0.25) is 10.0 Å². The van der Waals surface area contributed by atoms with Crippen LogP contribution < -0.4 is 10.0 Å². The van der Waals surface area contributed by atoms with Crippen LogP contribution in [0, 0.1) is 5.92 Å². The van der Waals surface area contributed by atoms with Crippen LogP contribution in [0.1, 0.15) is 39.0 Å². The minimum Gasteiger partial charge on any atom is -0.315 e. The second-order valence-corrected chi connectivity index (χ2v) is 7.20. The molecule has 16 heavy (non-hydrogen) atoms. The van der Waals surface area contributed by atoms with E-state index >= 15 is 0 Å². The van der Waals surface area contributed by atoms with Crippen molar-refractivity contribution in [1.29, 1.82) is 0 Å². The van der Waals surface area contributed by atoms with Gasteiger partial charge in [-0.25, -0.2) is 13.1 Å². The van der Waals surface area contributed by atoms with Crippen LogP contribution in [0.25, 0.3) is 0 Å². The summed E-state index contributed by atoms with van der Waals surface area (Å²) in [6.07, 6.45) is 5.30. The van der Waals surface area contributed by atoms with Gasteiger partial charge in [0.05, 0.1) is 5.25 Å². The third-order valence-corrected chi connectivity index (χ3v) is 5.45. The van der Waals surface area contributed by atoms with Gasteiger partial charge in [-0.2, -0.15) is 0 Å². The molecule has 0 amide bonds. The first-order chi connectivity index (χ1) is 7.58. The largest absolute Gasteiger partial charge is 0.315 e. The topological polar surface area (TPSA) is 58.2 Å². The predicted molar refractivity (Wildman–Crippen MR) is 64.8 cm³/mol. The smallest absolute Gasteiger partial charge is 0.215 e. The molecule has 1 saturated carbocycles. The van der Waals surface area contributed by atoms with Crippen LogP contribution in [-0.4, -0.2) is 32.8 Å². The first-order valence-corrected chi connectivity index (χ1v) is 7.84. The second kappa shape index (κ2) is 5.02. The molecule has 0 aromatic heterocycles. The molecule has 2 N–H and O–H groups in total. The quantitative estimate of drug-likeness (QED) is 0.756. The molecule has 0 spiro atoms. The van der Waals surface area contributed by atoms with Crippen molar-refractivity contribution in [2.75, 3.05) is 13.1 Å². The van der Waals surface area contributed by atoms with Crippen LogP contribution in [-0.2, 0) is 10.0 Å². The van der Waals surface area contributed by atoms with Crippen molar-refractivity contribution in [3.05, 3.63) is 0 Å². The molecule has 2 fully saturated rings. The van der Waals surface area contributed by atoms with E-state index in [-0.39, 0.29) is 11.3 Å². The zero-order valence-corrected chi connectivity index (χ0v) is 10.7. The van der Waals surface area contributed by atoms with E-state index < -0.39 is 10.0 Å². The summed E-state index contributed by atoms with van der Waals surface area (Å²) in [6, 6.07) is 0.0967. The molecule has 5 heteroatoms. The van der Waals surface area contributed by atoms with Crippen LogP contribution in [0.4, 0.5) is 0 Å². The highest BCUT2D eigenvalue weighted by molar-refractivity contribution is 7.90. The Morgan fingerprint density at radius 1 is 1.38 bits per heavy atom. The van der Waals surface area contributed by atoms with Crippen molar-refractivity contribution in [3.8, 4) is 0 Å². The van der Waals surface area contributed by atoms with Crippen LogP contribution >= 0.6 is 0 Å². The van der Waals surface area contributed by atoms with Gasteiger partial charge in [0.1, 0.15) is 0 Å². The van der Waals surface area contributed by atoms with Gasteiger partial charge >= 0.3 is 0 Å². The summed E-state index contributed by atoms with van der Waals surface area (Å²) in [5, 5.41) is 2.91. The lowest BCUT2D eigenvalue weighted by molar-refractivity contribution is 0.476. The van der Waals surface area contributed by atoms with E-state index in [4.69, 9.17) is 0 Å². The van der Waals surface area contributed by atoms with E-state index in [1.807, 2.05) is 6.92 Å². The number of rotatable bonds is 5. The van der Waals surface area contributed by atoms with Crippen molar-refractivity contribution >= 4 is 10.0 Å². The zero-order chi connectivity index (χ0) is 11.6. The number of piperidine rings is 1. The Bertz CT molecular complexity index is 319.